The molecule has 5 heterocycles. The highest BCUT2D eigenvalue weighted by molar-refractivity contribution is 5.88. The van der Waals surface area contributed by atoms with E-state index in [2.05, 4.69) is 25.9 Å². The molecule has 0 amide bonds. The molecule has 0 aromatic carbocycles. The number of likely N-dealkylation sites (tertiary alicyclic amines) is 2. The molecule has 1 spiro atoms. The van der Waals surface area contributed by atoms with Gasteiger partial charge in [-0.2, -0.15) is 5.10 Å². The van der Waals surface area contributed by atoms with Crippen LogP contribution in [0.5, 0.6) is 0 Å². The van der Waals surface area contributed by atoms with Gasteiger partial charge in [0.2, 0.25) is 0 Å². The topological polar surface area (TPSA) is 67.2 Å². The van der Waals surface area contributed by atoms with Gasteiger partial charge < -0.3 is 0 Å². The minimum Gasteiger partial charge on any atom is -0.300 e. The van der Waals surface area contributed by atoms with Gasteiger partial charge in [-0.25, -0.2) is 4.39 Å². The molecule has 7 nitrogen and oxygen atoms in total. The van der Waals surface area contributed by atoms with E-state index in [1.54, 1.807) is 0 Å². The summed E-state index contributed by atoms with van der Waals surface area (Å²) in [6.07, 6.45) is 11.7. The van der Waals surface area contributed by atoms with Crippen LogP contribution in [0.4, 0.5) is 4.39 Å². The second-order valence-corrected chi connectivity index (χ2v) is 11.2. The third-order valence-electron chi connectivity index (χ3n) is 8.51. The first-order valence-corrected chi connectivity index (χ1v) is 13.3. The van der Waals surface area contributed by atoms with Crippen LogP contribution < -0.4 is 0 Å². The van der Waals surface area contributed by atoms with Crippen LogP contribution in [0.15, 0.2) is 30.7 Å². The number of alkyl halides is 1. The van der Waals surface area contributed by atoms with Crippen molar-refractivity contribution in [2.45, 2.75) is 45.1 Å². The fourth-order valence-electron chi connectivity index (χ4n) is 6.50. The summed E-state index contributed by atoms with van der Waals surface area (Å²) in [5.74, 6) is 0.400. The normalized spacial score (nSPS) is 20.5. The van der Waals surface area contributed by atoms with Crippen LogP contribution in [0.2, 0.25) is 0 Å². The van der Waals surface area contributed by atoms with Crippen molar-refractivity contribution in [1.29, 1.82) is 0 Å². The first kappa shape index (κ1) is 23.7. The molecule has 6 rings (SSSR count). The lowest BCUT2D eigenvalue weighted by atomic mass is 9.56. The van der Waals surface area contributed by atoms with Crippen LogP contribution in [0.1, 0.15) is 43.5 Å². The Bertz CT molecular complexity index is 1250. The van der Waals surface area contributed by atoms with Crippen LogP contribution in [0.25, 0.3) is 22.0 Å². The molecule has 3 aliphatic rings. The first-order chi connectivity index (χ1) is 17.5. The summed E-state index contributed by atoms with van der Waals surface area (Å²) < 4.78 is 14.5. The molecule has 36 heavy (non-hydrogen) atoms. The minimum atomic E-state index is -0.288. The third kappa shape index (κ3) is 4.57. The average molecular weight is 491 g/mol. The van der Waals surface area contributed by atoms with Gasteiger partial charge in [0.05, 0.1) is 17.6 Å². The first-order valence-electron chi connectivity index (χ1n) is 13.3. The van der Waals surface area contributed by atoms with E-state index >= 15 is 0 Å². The molecule has 2 aliphatic heterocycles. The predicted molar refractivity (Wildman–Crippen MR) is 137 cm³/mol. The van der Waals surface area contributed by atoms with Gasteiger partial charge >= 0.3 is 0 Å². The summed E-state index contributed by atoms with van der Waals surface area (Å²) in [6.45, 7) is 5.28. The highest BCUT2D eigenvalue weighted by atomic mass is 19.1. The number of ketones is 1. The zero-order valence-electron chi connectivity index (χ0n) is 21.1. The number of rotatable bonds is 8. The lowest BCUT2D eigenvalue weighted by Gasteiger charge is -2.58. The Morgan fingerprint density at radius 2 is 1.81 bits per heavy atom. The van der Waals surface area contributed by atoms with E-state index in [9.17, 15) is 9.18 Å². The number of aromatic nitrogens is 4. The van der Waals surface area contributed by atoms with E-state index < -0.39 is 0 Å². The molecule has 190 valence electrons. The number of Topliss-reactive ketones (excluding diaryl/α,β-unsaturated/α-hetero) is 1. The Morgan fingerprint density at radius 1 is 1.03 bits per heavy atom. The number of hydrogen-bond donors (Lipinski definition) is 0. The second kappa shape index (κ2) is 9.63. The van der Waals surface area contributed by atoms with E-state index in [0.29, 0.717) is 13.0 Å². The highest BCUT2D eigenvalue weighted by Gasteiger charge is 2.53. The van der Waals surface area contributed by atoms with Crippen molar-refractivity contribution < 1.29 is 9.18 Å². The summed E-state index contributed by atoms with van der Waals surface area (Å²) in [6, 6.07) is 4.15. The van der Waals surface area contributed by atoms with Crippen molar-refractivity contribution in [3.8, 4) is 11.3 Å². The summed E-state index contributed by atoms with van der Waals surface area (Å²) in [5.41, 5.74) is 4.25. The van der Waals surface area contributed by atoms with Crippen molar-refractivity contribution in [3.63, 3.8) is 0 Å². The Kier molecular flexibility index (Phi) is 6.33. The maximum absolute atomic E-state index is 12.9. The van der Waals surface area contributed by atoms with Crippen LogP contribution >= 0.6 is 0 Å². The minimum absolute atomic E-state index is 0.121. The SMILES string of the molecule is Cn1ncc(-c2cc3cc(CC(=O)C4CC5(C4)CN(CCF)C5)ncc3cn2)c1CN1CCCCC1. The van der Waals surface area contributed by atoms with Crippen molar-refractivity contribution in [2.75, 3.05) is 39.4 Å². The number of fused-ring (bicyclic) bond motifs is 1. The van der Waals surface area contributed by atoms with Gasteiger partial charge in [-0.3, -0.25) is 29.2 Å². The van der Waals surface area contributed by atoms with Crippen LogP contribution in [-0.4, -0.2) is 74.7 Å². The monoisotopic (exact) mass is 490 g/mol. The molecule has 8 heteroatoms. The Balaban J connectivity index is 1.15. The average Bonchev–Trinajstić information content (AvgIpc) is 3.19. The molecular weight excluding hydrogens is 455 g/mol. The highest BCUT2D eigenvalue weighted by Crippen LogP contribution is 2.52. The molecule has 3 aromatic rings. The number of hydrogen-bond acceptors (Lipinski definition) is 6. The Hall–Kier alpha value is -2.71. The van der Waals surface area contributed by atoms with Crippen LogP contribution in [-0.2, 0) is 24.8 Å². The zero-order chi connectivity index (χ0) is 24.7. The number of carbonyl (C=O) groups is 1. The molecule has 1 aliphatic carbocycles. The number of nitrogens with zero attached hydrogens (tertiary/aromatic N) is 6. The molecule has 1 saturated carbocycles. The quantitative estimate of drug-likeness (QED) is 0.478. The van der Waals surface area contributed by atoms with E-state index in [1.807, 2.05) is 36.4 Å². The van der Waals surface area contributed by atoms with Gasteiger partial charge in [0.1, 0.15) is 12.5 Å². The van der Waals surface area contributed by atoms with E-state index in [0.717, 1.165) is 73.3 Å². The van der Waals surface area contributed by atoms with Gasteiger partial charge in [0, 0.05) is 74.6 Å². The molecule has 3 fully saturated rings. The number of carbonyl (C=O) groups excluding carboxylic acids is 1. The maximum Gasteiger partial charge on any atom is 0.141 e. The van der Waals surface area contributed by atoms with Crippen LogP contribution in [0.3, 0.4) is 0 Å². The number of halogens is 1. The fourth-order valence-corrected chi connectivity index (χ4v) is 6.50. The summed E-state index contributed by atoms with van der Waals surface area (Å²) in [7, 11) is 2.00. The van der Waals surface area contributed by atoms with E-state index in [1.165, 1.54) is 25.0 Å². The number of aryl methyl sites for hydroxylation is 1. The zero-order valence-corrected chi connectivity index (χ0v) is 21.1. The van der Waals surface area contributed by atoms with Crippen molar-refractivity contribution in [1.82, 2.24) is 29.5 Å². The van der Waals surface area contributed by atoms with Crippen LogP contribution in [0, 0.1) is 11.3 Å². The molecule has 2 saturated heterocycles. The van der Waals surface area contributed by atoms with Gasteiger partial charge in [-0.05, 0) is 61.7 Å². The van der Waals surface area contributed by atoms with Crippen molar-refractivity contribution >= 4 is 16.6 Å². The molecule has 0 unspecified atom stereocenters. The van der Waals surface area contributed by atoms with Gasteiger partial charge in [0.25, 0.3) is 0 Å². The van der Waals surface area contributed by atoms with E-state index in [-0.39, 0.29) is 23.8 Å². The second-order valence-electron chi connectivity index (χ2n) is 11.2. The van der Waals surface area contributed by atoms with Gasteiger partial charge in [-0.1, -0.05) is 6.42 Å². The predicted octanol–water partition coefficient (Wildman–Crippen LogP) is 3.81. The van der Waals surface area contributed by atoms with E-state index in [4.69, 9.17) is 4.98 Å². The summed E-state index contributed by atoms with van der Waals surface area (Å²) in [5, 5.41) is 6.57. The largest absolute Gasteiger partial charge is 0.300 e. The standard InChI is InChI=1S/C28H35FN6O/c1-33-26(17-34-6-3-2-4-7-34)24(16-32-33)25-10-20-9-23(30-14-22(20)15-31-25)11-27(36)21-12-28(13-21)18-35(19-28)8-5-29/h9-10,14-16,21H,2-8,11-13,17-19H2,1H3. The maximum atomic E-state index is 12.9. The van der Waals surface area contributed by atoms with Crippen molar-refractivity contribution in [3.05, 3.63) is 42.1 Å². The van der Waals surface area contributed by atoms with Gasteiger partial charge in [0.15, 0.2) is 0 Å². The number of piperidine rings is 1. The fraction of sp³-hybridized carbons (Fsp3) is 0.571. The summed E-state index contributed by atoms with van der Waals surface area (Å²) >= 11 is 0. The smallest absolute Gasteiger partial charge is 0.141 e. The molecule has 0 radical (unpaired) electrons. The molecule has 3 aromatic heterocycles. The Morgan fingerprint density at radius 3 is 2.58 bits per heavy atom. The Labute approximate surface area is 211 Å². The number of pyridine rings is 2. The molecular formula is C28H35FN6O. The molecule has 0 atom stereocenters. The van der Waals surface area contributed by atoms with Crippen molar-refractivity contribution in [2.24, 2.45) is 18.4 Å². The lowest BCUT2D eigenvalue weighted by molar-refractivity contribution is -0.141. The summed E-state index contributed by atoms with van der Waals surface area (Å²) in [4.78, 5) is 26.9. The molecule has 0 N–H and O–H groups in total. The lowest BCUT2D eigenvalue weighted by Crippen LogP contribution is -2.63. The molecule has 0 bridgehead atoms. The third-order valence-corrected chi connectivity index (χ3v) is 8.51. The van der Waals surface area contributed by atoms with Gasteiger partial charge in [-0.15, -0.1) is 0 Å².